The molecule has 6 heteroatoms. The molecule has 0 saturated heterocycles. The number of hydrogen-bond acceptors (Lipinski definition) is 3. The number of pyridine rings is 1. The Morgan fingerprint density at radius 2 is 1.72 bits per heavy atom. The van der Waals surface area contributed by atoms with Crippen LogP contribution in [0.3, 0.4) is 0 Å². The Hall–Kier alpha value is -2.55. The van der Waals surface area contributed by atoms with Crippen molar-refractivity contribution in [3.63, 3.8) is 0 Å². The molecule has 2 aromatic rings. The zero-order valence-corrected chi connectivity index (χ0v) is 13.7. The lowest BCUT2D eigenvalue weighted by molar-refractivity contribution is -0.137. The van der Waals surface area contributed by atoms with Gasteiger partial charge in [-0.15, -0.1) is 0 Å². The molecule has 130 valence electrons. The van der Waals surface area contributed by atoms with Gasteiger partial charge in [0.25, 0.3) is 0 Å². The number of nitrogen functional groups attached to an aromatic ring is 1. The van der Waals surface area contributed by atoms with Crippen molar-refractivity contribution in [2.45, 2.75) is 44.7 Å². The average molecular weight is 345 g/mol. The number of nitrogens with zero attached hydrogens (tertiary/aromatic N) is 2. The number of benzene rings is 1. The molecular weight excluding hydrogens is 327 g/mol. The first-order valence-corrected chi connectivity index (χ1v) is 8.31. The van der Waals surface area contributed by atoms with Crippen molar-refractivity contribution >= 4 is 5.82 Å². The second kappa shape index (κ2) is 6.75. The van der Waals surface area contributed by atoms with Gasteiger partial charge in [0.2, 0.25) is 0 Å². The third kappa shape index (κ3) is 3.32. The Balaban J connectivity index is 2.34. The fraction of sp³-hybridized carbons (Fsp3) is 0.368. The van der Waals surface area contributed by atoms with Crippen LogP contribution in [0.25, 0.3) is 11.1 Å². The molecule has 3 rings (SSSR count). The molecule has 0 aliphatic heterocycles. The molecule has 0 saturated carbocycles. The first-order valence-electron chi connectivity index (χ1n) is 8.31. The van der Waals surface area contributed by atoms with Crippen LogP contribution in [0.1, 0.15) is 48.1 Å². The van der Waals surface area contributed by atoms with Gasteiger partial charge in [0, 0.05) is 11.3 Å². The summed E-state index contributed by atoms with van der Waals surface area (Å²) in [7, 11) is 0. The maximum atomic E-state index is 13.5. The quantitative estimate of drug-likeness (QED) is 0.801. The van der Waals surface area contributed by atoms with Crippen LogP contribution in [0.15, 0.2) is 24.3 Å². The maximum absolute atomic E-state index is 13.5. The van der Waals surface area contributed by atoms with Gasteiger partial charge in [0.15, 0.2) is 0 Å². The van der Waals surface area contributed by atoms with Crippen molar-refractivity contribution < 1.29 is 13.2 Å². The zero-order chi connectivity index (χ0) is 18.0. The van der Waals surface area contributed by atoms with Crippen LogP contribution in [-0.4, -0.2) is 4.98 Å². The normalized spacial score (nSPS) is 15.0. The van der Waals surface area contributed by atoms with Crippen LogP contribution in [0.2, 0.25) is 0 Å². The van der Waals surface area contributed by atoms with E-state index >= 15 is 0 Å². The van der Waals surface area contributed by atoms with E-state index in [-0.39, 0.29) is 16.9 Å². The highest BCUT2D eigenvalue weighted by Crippen LogP contribution is 2.42. The number of nitriles is 1. The summed E-state index contributed by atoms with van der Waals surface area (Å²) in [6.07, 6.45) is 0.652. The van der Waals surface area contributed by atoms with Crippen LogP contribution in [0, 0.1) is 11.3 Å². The number of rotatable bonds is 1. The first-order chi connectivity index (χ1) is 11.9. The summed E-state index contributed by atoms with van der Waals surface area (Å²) >= 11 is 0. The third-order valence-electron chi connectivity index (χ3n) is 4.62. The minimum Gasteiger partial charge on any atom is -0.383 e. The molecule has 0 radical (unpaired) electrons. The van der Waals surface area contributed by atoms with E-state index in [1.807, 2.05) is 6.07 Å². The van der Waals surface area contributed by atoms with Gasteiger partial charge >= 0.3 is 6.18 Å². The molecule has 0 spiro atoms. The fourth-order valence-electron chi connectivity index (χ4n) is 3.47. The summed E-state index contributed by atoms with van der Waals surface area (Å²) in [4.78, 5) is 4.34. The van der Waals surface area contributed by atoms with Crippen LogP contribution >= 0.6 is 0 Å². The average Bonchev–Trinajstić information content (AvgIpc) is 2.55. The number of nitrogens with two attached hydrogens (primary N) is 1. The van der Waals surface area contributed by atoms with E-state index in [1.165, 1.54) is 12.1 Å². The van der Waals surface area contributed by atoms with Gasteiger partial charge in [-0.05, 0) is 42.9 Å². The number of anilines is 1. The minimum atomic E-state index is -4.50. The Bertz CT molecular complexity index is 835. The molecule has 1 aliphatic carbocycles. The summed E-state index contributed by atoms with van der Waals surface area (Å²) in [5.41, 5.74) is 7.00. The van der Waals surface area contributed by atoms with Gasteiger partial charge in [-0.1, -0.05) is 31.0 Å². The summed E-state index contributed by atoms with van der Waals surface area (Å²) in [5.74, 6) is 0.00815. The lowest BCUT2D eigenvalue weighted by Gasteiger charge is -2.21. The highest BCUT2D eigenvalue weighted by molar-refractivity contribution is 5.81. The van der Waals surface area contributed by atoms with E-state index < -0.39 is 11.7 Å². The van der Waals surface area contributed by atoms with Crippen molar-refractivity contribution in [3.05, 3.63) is 46.6 Å². The first kappa shape index (κ1) is 17.3. The van der Waals surface area contributed by atoms with Gasteiger partial charge in [-0.2, -0.15) is 18.4 Å². The third-order valence-corrected chi connectivity index (χ3v) is 4.62. The monoisotopic (exact) mass is 345 g/mol. The Kier molecular flexibility index (Phi) is 4.67. The minimum absolute atomic E-state index is 0.00815. The number of hydrogen-bond donors (Lipinski definition) is 1. The molecule has 0 amide bonds. The standard InChI is InChI=1S/C19H18F3N3/c20-19(21,22)15-9-6-5-7-12(15)17-13-8-3-1-2-4-10-16(13)25-18(24)14(17)11-23/h5-7,9H,1-4,8,10H2,(H2,24,25). The van der Waals surface area contributed by atoms with E-state index in [0.717, 1.165) is 43.0 Å². The molecular formula is C19H18F3N3. The Morgan fingerprint density at radius 3 is 2.40 bits per heavy atom. The number of aromatic nitrogens is 1. The molecule has 0 unspecified atom stereocenters. The van der Waals surface area contributed by atoms with Gasteiger partial charge in [0.05, 0.1) is 5.56 Å². The predicted octanol–water partition coefficient (Wildman–Crippen LogP) is 4.88. The molecule has 1 aliphatic rings. The smallest absolute Gasteiger partial charge is 0.383 e. The second-order valence-electron chi connectivity index (χ2n) is 6.24. The number of halogens is 3. The van der Waals surface area contributed by atoms with Gasteiger partial charge in [0.1, 0.15) is 17.5 Å². The van der Waals surface area contributed by atoms with E-state index in [4.69, 9.17) is 5.73 Å². The molecule has 1 aromatic heterocycles. The highest BCUT2D eigenvalue weighted by atomic mass is 19.4. The lowest BCUT2D eigenvalue weighted by atomic mass is 9.86. The van der Waals surface area contributed by atoms with Crippen molar-refractivity contribution in [1.82, 2.24) is 4.98 Å². The number of alkyl halides is 3. The fourth-order valence-corrected chi connectivity index (χ4v) is 3.47. The second-order valence-corrected chi connectivity index (χ2v) is 6.24. The molecule has 0 atom stereocenters. The Morgan fingerprint density at radius 1 is 1.04 bits per heavy atom. The van der Waals surface area contributed by atoms with E-state index in [2.05, 4.69) is 4.98 Å². The lowest BCUT2D eigenvalue weighted by Crippen LogP contribution is -2.13. The van der Waals surface area contributed by atoms with E-state index in [1.54, 1.807) is 6.07 Å². The Labute approximate surface area is 144 Å². The number of fused-ring (bicyclic) bond motifs is 1. The molecule has 1 aromatic carbocycles. The molecule has 0 bridgehead atoms. The van der Waals surface area contributed by atoms with E-state index in [0.29, 0.717) is 18.4 Å². The predicted molar refractivity (Wildman–Crippen MR) is 89.7 cm³/mol. The summed E-state index contributed by atoms with van der Waals surface area (Å²) < 4.78 is 40.6. The molecule has 3 nitrogen and oxygen atoms in total. The van der Waals surface area contributed by atoms with Crippen molar-refractivity contribution in [2.24, 2.45) is 0 Å². The summed E-state index contributed by atoms with van der Waals surface area (Å²) in [6, 6.07) is 7.34. The van der Waals surface area contributed by atoms with Crippen molar-refractivity contribution in [1.29, 1.82) is 5.26 Å². The number of aryl methyl sites for hydroxylation is 1. The van der Waals surface area contributed by atoms with Gasteiger partial charge < -0.3 is 5.73 Å². The highest BCUT2D eigenvalue weighted by Gasteiger charge is 2.35. The molecule has 2 N–H and O–H groups in total. The van der Waals surface area contributed by atoms with Crippen LogP contribution in [0.5, 0.6) is 0 Å². The van der Waals surface area contributed by atoms with Crippen LogP contribution in [0.4, 0.5) is 19.0 Å². The van der Waals surface area contributed by atoms with Crippen molar-refractivity contribution in [2.75, 3.05) is 5.73 Å². The largest absolute Gasteiger partial charge is 0.417 e. The van der Waals surface area contributed by atoms with Gasteiger partial charge in [-0.3, -0.25) is 0 Å². The zero-order valence-electron chi connectivity index (χ0n) is 13.7. The van der Waals surface area contributed by atoms with Crippen LogP contribution in [-0.2, 0) is 19.0 Å². The molecule has 25 heavy (non-hydrogen) atoms. The summed E-state index contributed by atoms with van der Waals surface area (Å²) in [5, 5.41) is 9.53. The SMILES string of the molecule is N#Cc1c(N)nc2c(c1-c1ccccc1C(F)(F)F)CCCCCC2. The van der Waals surface area contributed by atoms with E-state index in [9.17, 15) is 18.4 Å². The topological polar surface area (TPSA) is 62.7 Å². The van der Waals surface area contributed by atoms with Crippen molar-refractivity contribution in [3.8, 4) is 17.2 Å². The van der Waals surface area contributed by atoms with Gasteiger partial charge in [-0.25, -0.2) is 4.98 Å². The summed E-state index contributed by atoms with van der Waals surface area (Å²) in [6.45, 7) is 0. The molecule has 0 fully saturated rings. The molecule has 1 heterocycles. The van der Waals surface area contributed by atoms with Crippen LogP contribution < -0.4 is 5.73 Å². The maximum Gasteiger partial charge on any atom is 0.417 e.